The summed E-state index contributed by atoms with van der Waals surface area (Å²) in [6.07, 6.45) is 0. The SMILES string of the molecule is NC(=O)c1cccc(NC(=O)c2ccccc2SSc2ccccc2C(=O)Nc2cccc(C(N)=O)c2)c1. The van der Waals surface area contributed by atoms with Crippen LogP contribution in [0.25, 0.3) is 0 Å². The fraction of sp³-hybridized carbons (Fsp3) is 0. The second kappa shape index (κ2) is 12.1. The zero-order chi connectivity index (χ0) is 27.1. The molecule has 4 aromatic carbocycles. The average molecular weight is 543 g/mol. The van der Waals surface area contributed by atoms with Crippen LogP contribution in [0.2, 0.25) is 0 Å². The van der Waals surface area contributed by atoms with Crippen LogP contribution in [-0.4, -0.2) is 23.6 Å². The predicted molar refractivity (Wildman–Crippen MR) is 150 cm³/mol. The Bertz CT molecular complexity index is 1430. The zero-order valence-electron chi connectivity index (χ0n) is 19.8. The molecule has 8 nitrogen and oxygen atoms in total. The van der Waals surface area contributed by atoms with Crippen molar-refractivity contribution in [3.63, 3.8) is 0 Å². The Balaban J connectivity index is 1.49. The van der Waals surface area contributed by atoms with E-state index in [2.05, 4.69) is 10.6 Å². The molecule has 0 unspecified atom stereocenters. The highest BCUT2D eigenvalue weighted by atomic mass is 33.1. The minimum atomic E-state index is -0.586. The van der Waals surface area contributed by atoms with Crippen LogP contribution in [-0.2, 0) is 0 Å². The minimum Gasteiger partial charge on any atom is -0.366 e. The lowest BCUT2D eigenvalue weighted by molar-refractivity contribution is 0.0991. The molecule has 4 amide bonds. The molecule has 0 bridgehead atoms. The fourth-order valence-corrected chi connectivity index (χ4v) is 5.80. The standard InChI is InChI=1S/C28H22N4O4S2/c29-25(33)17-7-5-9-19(15-17)31-27(35)21-11-1-3-13-23(21)37-38-24-14-4-2-12-22(24)28(36)32-20-10-6-8-18(16-20)26(30)34/h1-16H,(H2,29,33)(H2,30,34)(H,31,35)(H,32,36). The summed E-state index contributed by atoms with van der Waals surface area (Å²) in [7, 11) is 2.66. The van der Waals surface area contributed by atoms with Crippen LogP contribution < -0.4 is 22.1 Å². The lowest BCUT2D eigenvalue weighted by Crippen LogP contribution is -2.15. The number of rotatable bonds is 9. The Morgan fingerprint density at radius 2 is 0.921 bits per heavy atom. The number of nitrogens with two attached hydrogens (primary N) is 2. The van der Waals surface area contributed by atoms with E-state index in [0.717, 1.165) is 0 Å². The molecule has 0 fully saturated rings. The molecule has 0 atom stereocenters. The number of primary amides is 2. The van der Waals surface area contributed by atoms with E-state index in [1.807, 2.05) is 24.3 Å². The van der Waals surface area contributed by atoms with Gasteiger partial charge in [0, 0.05) is 32.3 Å². The topological polar surface area (TPSA) is 144 Å². The summed E-state index contributed by atoms with van der Waals surface area (Å²) in [5.74, 6) is -1.88. The number of carbonyl (C=O) groups excluding carboxylic acids is 4. The maximum atomic E-state index is 13.0. The Hall–Kier alpha value is -4.54. The van der Waals surface area contributed by atoms with Crippen LogP contribution in [0.3, 0.4) is 0 Å². The van der Waals surface area contributed by atoms with E-state index in [1.165, 1.54) is 33.7 Å². The molecule has 6 N–H and O–H groups in total. The lowest BCUT2D eigenvalue weighted by atomic mass is 10.1. The van der Waals surface area contributed by atoms with Gasteiger partial charge in [-0.05, 0) is 60.7 Å². The van der Waals surface area contributed by atoms with Crippen LogP contribution >= 0.6 is 21.6 Å². The number of amides is 4. The molecular weight excluding hydrogens is 520 g/mol. The molecule has 0 aliphatic rings. The Kier molecular flexibility index (Phi) is 8.47. The third kappa shape index (κ3) is 6.61. The van der Waals surface area contributed by atoms with Crippen LogP contribution in [0.4, 0.5) is 11.4 Å². The monoisotopic (exact) mass is 542 g/mol. The summed E-state index contributed by atoms with van der Waals surface area (Å²) in [5.41, 5.74) is 13.0. The van der Waals surface area contributed by atoms with Crippen LogP contribution in [0.1, 0.15) is 41.4 Å². The predicted octanol–water partition coefficient (Wildman–Crippen LogP) is 5.19. The quantitative estimate of drug-likeness (QED) is 0.214. The maximum absolute atomic E-state index is 13.0. The Morgan fingerprint density at radius 1 is 0.526 bits per heavy atom. The molecule has 190 valence electrons. The molecule has 0 aliphatic carbocycles. The van der Waals surface area contributed by atoms with Crippen LogP contribution in [0, 0.1) is 0 Å². The van der Waals surface area contributed by atoms with Crippen LogP contribution in [0.15, 0.2) is 107 Å². The van der Waals surface area contributed by atoms with Gasteiger partial charge in [0.15, 0.2) is 0 Å². The van der Waals surface area contributed by atoms with E-state index in [-0.39, 0.29) is 22.9 Å². The number of nitrogens with one attached hydrogen (secondary N) is 2. The van der Waals surface area contributed by atoms with Crippen molar-refractivity contribution >= 4 is 56.6 Å². The molecule has 0 spiro atoms. The van der Waals surface area contributed by atoms with Gasteiger partial charge < -0.3 is 22.1 Å². The van der Waals surface area contributed by atoms with E-state index in [0.29, 0.717) is 32.3 Å². The van der Waals surface area contributed by atoms with Gasteiger partial charge in [0.2, 0.25) is 11.8 Å². The van der Waals surface area contributed by atoms with Crippen molar-refractivity contribution < 1.29 is 19.2 Å². The normalized spacial score (nSPS) is 10.4. The largest absolute Gasteiger partial charge is 0.366 e. The summed E-state index contributed by atoms with van der Waals surface area (Å²) in [6.45, 7) is 0. The molecule has 4 aromatic rings. The van der Waals surface area contributed by atoms with Gasteiger partial charge in [-0.1, -0.05) is 58.0 Å². The summed E-state index contributed by atoms with van der Waals surface area (Å²) in [5, 5.41) is 5.59. The summed E-state index contributed by atoms with van der Waals surface area (Å²) in [4.78, 5) is 50.4. The van der Waals surface area contributed by atoms with Crippen molar-refractivity contribution in [2.45, 2.75) is 9.79 Å². The second-order valence-electron chi connectivity index (χ2n) is 7.96. The molecule has 0 radical (unpaired) electrons. The highest BCUT2D eigenvalue weighted by molar-refractivity contribution is 8.76. The molecule has 0 aromatic heterocycles. The molecule has 0 aliphatic heterocycles. The number of benzene rings is 4. The van der Waals surface area contributed by atoms with Crippen molar-refractivity contribution in [2.24, 2.45) is 11.5 Å². The van der Waals surface area contributed by atoms with Gasteiger partial charge in [0.25, 0.3) is 11.8 Å². The van der Waals surface area contributed by atoms with Crippen molar-refractivity contribution in [2.75, 3.05) is 10.6 Å². The number of hydrogen-bond donors (Lipinski definition) is 4. The molecule has 0 heterocycles. The van der Waals surface area contributed by atoms with Gasteiger partial charge in [0.1, 0.15) is 0 Å². The third-order valence-corrected chi connectivity index (χ3v) is 7.78. The second-order valence-corrected chi connectivity index (χ2v) is 10.2. The highest BCUT2D eigenvalue weighted by Crippen LogP contribution is 2.40. The minimum absolute atomic E-state index is 0.289. The lowest BCUT2D eigenvalue weighted by Gasteiger charge is -2.12. The van der Waals surface area contributed by atoms with Gasteiger partial charge in [-0.3, -0.25) is 19.2 Å². The van der Waals surface area contributed by atoms with Gasteiger partial charge in [0.05, 0.1) is 11.1 Å². The smallest absolute Gasteiger partial charge is 0.256 e. The van der Waals surface area contributed by atoms with Gasteiger partial charge in [-0.15, -0.1) is 0 Å². The first-order chi connectivity index (χ1) is 18.3. The van der Waals surface area contributed by atoms with Crippen molar-refractivity contribution in [3.05, 3.63) is 119 Å². The molecule has 0 saturated carbocycles. The molecule has 4 rings (SSSR count). The number of carbonyl (C=O) groups is 4. The maximum Gasteiger partial charge on any atom is 0.256 e. The van der Waals surface area contributed by atoms with E-state index >= 15 is 0 Å². The van der Waals surface area contributed by atoms with Gasteiger partial charge in [-0.25, -0.2) is 0 Å². The fourth-order valence-electron chi connectivity index (χ4n) is 3.44. The van der Waals surface area contributed by atoms with E-state index in [4.69, 9.17) is 11.5 Å². The van der Waals surface area contributed by atoms with Crippen LogP contribution in [0.5, 0.6) is 0 Å². The van der Waals surface area contributed by atoms with Crippen molar-refractivity contribution in [1.82, 2.24) is 0 Å². The first kappa shape index (κ1) is 26.5. The molecule has 10 heteroatoms. The summed E-state index contributed by atoms with van der Waals surface area (Å²) >= 11 is 0. The number of anilines is 2. The Labute approximate surface area is 226 Å². The first-order valence-corrected chi connectivity index (χ1v) is 13.4. The Morgan fingerprint density at radius 3 is 1.32 bits per heavy atom. The van der Waals surface area contributed by atoms with Gasteiger partial charge in [-0.2, -0.15) is 0 Å². The summed E-state index contributed by atoms with van der Waals surface area (Å²) in [6, 6.07) is 26.9. The van der Waals surface area contributed by atoms with Crippen molar-refractivity contribution in [3.8, 4) is 0 Å². The third-order valence-electron chi connectivity index (χ3n) is 5.29. The zero-order valence-corrected chi connectivity index (χ0v) is 21.5. The first-order valence-electron chi connectivity index (χ1n) is 11.3. The average Bonchev–Trinajstić information content (AvgIpc) is 2.92. The van der Waals surface area contributed by atoms with E-state index in [9.17, 15) is 19.2 Å². The molecular formula is C28H22N4O4S2. The number of hydrogen-bond acceptors (Lipinski definition) is 6. The van der Waals surface area contributed by atoms with E-state index in [1.54, 1.807) is 60.7 Å². The summed E-state index contributed by atoms with van der Waals surface area (Å²) < 4.78 is 0. The van der Waals surface area contributed by atoms with E-state index < -0.39 is 11.8 Å². The highest BCUT2D eigenvalue weighted by Gasteiger charge is 2.16. The molecule has 38 heavy (non-hydrogen) atoms. The molecule has 0 saturated heterocycles. The van der Waals surface area contributed by atoms with Crippen molar-refractivity contribution in [1.29, 1.82) is 0 Å². The van der Waals surface area contributed by atoms with Gasteiger partial charge >= 0.3 is 0 Å².